The average Bonchev–Trinajstić information content (AvgIpc) is 3.12. The highest BCUT2D eigenvalue weighted by molar-refractivity contribution is 7.99. The molecule has 1 amide bonds. The minimum atomic E-state index is -0.00240. The number of carbonyl (C=O) groups is 1. The summed E-state index contributed by atoms with van der Waals surface area (Å²) >= 11 is 3.27. The van der Waals surface area contributed by atoms with Gasteiger partial charge in [0.15, 0.2) is 0 Å². The smallest absolute Gasteiger partial charge is 0.259 e. The Morgan fingerprint density at radius 2 is 1.97 bits per heavy atom. The number of amides is 1. The monoisotopic (exact) mass is 431 g/mol. The summed E-state index contributed by atoms with van der Waals surface area (Å²) in [5.41, 5.74) is 1.23. The summed E-state index contributed by atoms with van der Waals surface area (Å²) in [7, 11) is 0. The van der Waals surface area contributed by atoms with Gasteiger partial charge in [0.25, 0.3) is 5.56 Å². The predicted octanol–water partition coefficient (Wildman–Crippen LogP) is 4.28. The second kappa shape index (κ2) is 8.42. The number of likely N-dealkylation sites (tertiary alicyclic amines) is 1. The first-order valence-corrected chi connectivity index (χ1v) is 13.1. The number of aryl methyl sites for hydroxylation is 2. The first-order chi connectivity index (χ1) is 14.2. The second-order valence-corrected chi connectivity index (χ2v) is 10.8. The minimum Gasteiger partial charge on any atom is -0.339 e. The molecule has 0 bridgehead atoms. The van der Waals surface area contributed by atoms with Gasteiger partial charge in [-0.3, -0.25) is 9.59 Å². The minimum absolute atomic E-state index is 0.00240. The number of hydrogen-bond acceptors (Lipinski definition) is 5. The fourth-order valence-corrected chi connectivity index (χ4v) is 7.58. The normalized spacial score (nSPS) is 24.3. The van der Waals surface area contributed by atoms with Crippen molar-refractivity contribution < 1.29 is 4.79 Å². The Bertz CT molecular complexity index is 965. The standard InChI is InChI=1S/C22H29N3O2S2/c26-19(25-11-5-7-14-6-1-3-9-16(14)25)13-28-12-18-23-21(27)20-15-8-2-4-10-17(15)29-22(20)24-18/h14,16H,1-13H2,(H,23,24,27). The maximum Gasteiger partial charge on any atom is 0.259 e. The van der Waals surface area contributed by atoms with E-state index in [0.717, 1.165) is 48.4 Å². The highest BCUT2D eigenvalue weighted by Gasteiger charge is 2.35. The van der Waals surface area contributed by atoms with Gasteiger partial charge in [0.2, 0.25) is 5.91 Å². The van der Waals surface area contributed by atoms with Gasteiger partial charge in [-0.2, -0.15) is 0 Å². The molecule has 5 rings (SSSR count). The van der Waals surface area contributed by atoms with Gasteiger partial charge in [0.05, 0.1) is 16.9 Å². The van der Waals surface area contributed by atoms with E-state index in [1.165, 1.54) is 49.0 Å². The highest BCUT2D eigenvalue weighted by atomic mass is 32.2. The Hall–Kier alpha value is -1.34. The molecule has 7 heteroatoms. The molecule has 2 unspecified atom stereocenters. The molecule has 2 aliphatic carbocycles. The van der Waals surface area contributed by atoms with E-state index in [1.807, 2.05) is 0 Å². The number of nitrogens with zero attached hydrogens (tertiary/aromatic N) is 2. The lowest BCUT2D eigenvalue weighted by molar-refractivity contribution is -0.134. The van der Waals surface area contributed by atoms with E-state index >= 15 is 0 Å². The highest BCUT2D eigenvalue weighted by Crippen LogP contribution is 2.36. The number of nitrogens with one attached hydrogen (secondary N) is 1. The van der Waals surface area contributed by atoms with Crippen LogP contribution in [-0.2, 0) is 23.4 Å². The van der Waals surface area contributed by atoms with Gasteiger partial charge < -0.3 is 9.88 Å². The van der Waals surface area contributed by atoms with Crippen LogP contribution >= 0.6 is 23.1 Å². The number of H-pyrrole nitrogens is 1. The van der Waals surface area contributed by atoms with Crippen molar-refractivity contribution in [2.24, 2.45) is 5.92 Å². The Morgan fingerprint density at radius 3 is 2.90 bits per heavy atom. The van der Waals surface area contributed by atoms with Crippen molar-refractivity contribution in [3.8, 4) is 0 Å². The molecule has 0 radical (unpaired) electrons. The van der Waals surface area contributed by atoms with E-state index in [0.29, 0.717) is 23.4 Å². The van der Waals surface area contributed by atoms with Crippen LogP contribution in [0.4, 0.5) is 0 Å². The number of rotatable bonds is 4. The van der Waals surface area contributed by atoms with Gasteiger partial charge >= 0.3 is 0 Å². The molecule has 0 spiro atoms. The first kappa shape index (κ1) is 19.6. The van der Waals surface area contributed by atoms with Gasteiger partial charge in [-0.1, -0.05) is 12.8 Å². The van der Waals surface area contributed by atoms with Gasteiger partial charge in [-0.25, -0.2) is 4.98 Å². The molecule has 2 aromatic rings. The largest absolute Gasteiger partial charge is 0.339 e. The van der Waals surface area contributed by atoms with Crippen molar-refractivity contribution in [2.75, 3.05) is 12.3 Å². The van der Waals surface area contributed by atoms with Crippen LogP contribution in [0.3, 0.4) is 0 Å². The van der Waals surface area contributed by atoms with E-state index in [4.69, 9.17) is 4.98 Å². The summed E-state index contributed by atoms with van der Waals surface area (Å²) in [5.74, 6) is 2.75. The molecule has 2 aromatic heterocycles. The Balaban J connectivity index is 1.24. The zero-order valence-corrected chi connectivity index (χ0v) is 18.5. The third-order valence-electron chi connectivity index (χ3n) is 6.90. The SMILES string of the molecule is O=C(CSCc1nc2sc3c(c2c(=O)[nH]1)CCCC3)N1CCCC2CCCCC21. The lowest BCUT2D eigenvalue weighted by Gasteiger charge is -2.44. The summed E-state index contributed by atoms with van der Waals surface area (Å²) in [6.07, 6.45) is 11.9. The molecule has 5 nitrogen and oxygen atoms in total. The van der Waals surface area contributed by atoms with Gasteiger partial charge in [0.1, 0.15) is 10.7 Å². The van der Waals surface area contributed by atoms with Crippen molar-refractivity contribution in [1.82, 2.24) is 14.9 Å². The van der Waals surface area contributed by atoms with Gasteiger partial charge in [-0.15, -0.1) is 23.1 Å². The number of fused-ring (bicyclic) bond motifs is 4. The van der Waals surface area contributed by atoms with Gasteiger partial charge in [0, 0.05) is 17.5 Å². The van der Waals surface area contributed by atoms with Crippen LogP contribution in [-0.4, -0.2) is 39.1 Å². The molecule has 3 aliphatic rings. The summed E-state index contributed by atoms with van der Waals surface area (Å²) in [6.45, 7) is 0.919. The third kappa shape index (κ3) is 3.88. The number of aromatic nitrogens is 2. The predicted molar refractivity (Wildman–Crippen MR) is 120 cm³/mol. The Kier molecular flexibility index (Phi) is 5.69. The van der Waals surface area contributed by atoms with Crippen molar-refractivity contribution in [2.45, 2.75) is 76.0 Å². The Labute approximate surface area is 179 Å². The summed E-state index contributed by atoms with van der Waals surface area (Å²) in [4.78, 5) is 37.6. The second-order valence-electron chi connectivity index (χ2n) is 8.74. The molecule has 2 atom stereocenters. The fourth-order valence-electron chi connectivity index (χ4n) is 5.53. The molecular weight excluding hydrogens is 402 g/mol. The molecule has 156 valence electrons. The number of thioether (sulfide) groups is 1. The lowest BCUT2D eigenvalue weighted by atomic mass is 9.78. The summed E-state index contributed by atoms with van der Waals surface area (Å²) in [6, 6.07) is 0.470. The van der Waals surface area contributed by atoms with Crippen LogP contribution in [0, 0.1) is 5.92 Å². The average molecular weight is 432 g/mol. The van der Waals surface area contributed by atoms with E-state index in [1.54, 1.807) is 23.1 Å². The molecule has 1 saturated heterocycles. The topological polar surface area (TPSA) is 66.1 Å². The van der Waals surface area contributed by atoms with Gasteiger partial charge in [-0.05, 0) is 62.8 Å². The van der Waals surface area contributed by atoms with E-state index in [-0.39, 0.29) is 11.5 Å². The third-order valence-corrected chi connectivity index (χ3v) is 9.02. The van der Waals surface area contributed by atoms with Crippen LogP contribution < -0.4 is 5.56 Å². The van der Waals surface area contributed by atoms with Crippen LogP contribution in [0.5, 0.6) is 0 Å². The zero-order chi connectivity index (χ0) is 19.8. The van der Waals surface area contributed by atoms with Crippen molar-refractivity contribution >= 4 is 39.2 Å². The molecule has 29 heavy (non-hydrogen) atoms. The number of aromatic amines is 1. The van der Waals surface area contributed by atoms with E-state index in [2.05, 4.69) is 9.88 Å². The number of thiophene rings is 1. The molecule has 1 N–H and O–H groups in total. The maximum absolute atomic E-state index is 12.9. The quantitative estimate of drug-likeness (QED) is 0.785. The fraction of sp³-hybridized carbons (Fsp3) is 0.682. The van der Waals surface area contributed by atoms with Crippen molar-refractivity contribution in [3.63, 3.8) is 0 Å². The summed E-state index contributed by atoms with van der Waals surface area (Å²) < 4.78 is 0. The zero-order valence-electron chi connectivity index (χ0n) is 16.9. The lowest BCUT2D eigenvalue weighted by Crippen LogP contribution is -2.50. The van der Waals surface area contributed by atoms with Crippen LogP contribution in [0.1, 0.15) is 67.6 Å². The maximum atomic E-state index is 12.9. The van der Waals surface area contributed by atoms with Crippen LogP contribution in [0.25, 0.3) is 10.2 Å². The molecule has 0 aromatic carbocycles. The molecule has 1 aliphatic heterocycles. The van der Waals surface area contributed by atoms with E-state index in [9.17, 15) is 9.59 Å². The number of piperidine rings is 1. The molecule has 1 saturated carbocycles. The molecule has 2 fully saturated rings. The summed E-state index contributed by atoms with van der Waals surface area (Å²) in [5, 5.41) is 0.811. The molecular formula is C22H29N3O2S2. The number of carbonyl (C=O) groups excluding carboxylic acids is 1. The van der Waals surface area contributed by atoms with Crippen molar-refractivity contribution in [3.05, 3.63) is 26.6 Å². The number of hydrogen-bond donors (Lipinski definition) is 1. The van der Waals surface area contributed by atoms with Crippen LogP contribution in [0.2, 0.25) is 0 Å². The van der Waals surface area contributed by atoms with Crippen molar-refractivity contribution in [1.29, 1.82) is 0 Å². The molecule has 3 heterocycles. The van der Waals surface area contributed by atoms with Crippen LogP contribution in [0.15, 0.2) is 4.79 Å². The first-order valence-electron chi connectivity index (χ1n) is 11.1. The Morgan fingerprint density at radius 1 is 1.14 bits per heavy atom. The van der Waals surface area contributed by atoms with E-state index < -0.39 is 0 Å².